The van der Waals surface area contributed by atoms with E-state index in [-0.39, 0.29) is 5.92 Å². The molecule has 2 N–H and O–H groups in total. The fourth-order valence-corrected chi connectivity index (χ4v) is 3.73. The summed E-state index contributed by atoms with van der Waals surface area (Å²) in [5.74, 6) is -0.518. The number of hydrogen-bond acceptors (Lipinski definition) is 3. The number of rotatable bonds is 3. The van der Waals surface area contributed by atoms with E-state index < -0.39 is 11.5 Å². The number of carbonyl (C=O) groups is 1. The maximum absolute atomic E-state index is 11.9. The molecule has 5 heteroatoms. The monoisotopic (exact) mass is 324 g/mol. The van der Waals surface area contributed by atoms with Gasteiger partial charge in [0.1, 0.15) is 0 Å². The van der Waals surface area contributed by atoms with Crippen molar-refractivity contribution >= 4 is 27.6 Å². The normalized spacial score (nSPS) is 33.1. The molecule has 3 aliphatic rings. The zero-order valence-electron chi connectivity index (χ0n) is 10.6. The summed E-state index contributed by atoms with van der Waals surface area (Å²) in [4.78, 5) is 14.1. The average molecular weight is 325 g/mol. The first-order chi connectivity index (χ1) is 9.10. The van der Waals surface area contributed by atoms with Crippen LogP contribution in [0.15, 0.2) is 28.7 Å². The van der Waals surface area contributed by atoms with Crippen LogP contribution in [0.2, 0.25) is 0 Å². The van der Waals surface area contributed by atoms with Gasteiger partial charge < -0.3 is 15.3 Å². The first-order valence-corrected chi connectivity index (χ1v) is 7.39. The Hall–Kier alpha value is -1.07. The van der Waals surface area contributed by atoms with Gasteiger partial charge in [-0.2, -0.15) is 0 Å². The third kappa shape index (κ3) is 2.25. The molecule has 3 heterocycles. The van der Waals surface area contributed by atoms with Gasteiger partial charge in [-0.05, 0) is 50.0 Å². The molecule has 4 rings (SSSR count). The Bertz CT molecular complexity index is 500. The van der Waals surface area contributed by atoms with Crippen LogP contribution in [0.5, 0.6) is 0 Å². The minimum absolute atomic E-state index is 0.217. The Labute approximate surface area is 120 Å². The first kappa shape index (κ1) is 12.9. The average Bonchev–Trinajstić information content (AvgIpc) is 2.40. The van der Waals surface area contributed by atoms with Gasteiger partial charge in [-0.1, -0.05) is 22.0 Å². The predicted octanol–water partition coefficient (Wildman–Crippen LogP) is 2.41. The van der Waals surface area contributed by atoms with Crippen molar-refractivity contribution in [2.45, 2.75) is 18.4 Å². The molecule has 0 spiro atoms. The molecule has 1 aromatic rings. The van der Waals surface area contributed by atoms with Crippen LogP contribution >= 0.6 is 15.9 Å². The Morgan fingerprint density at radius 2 is 2.16 bits per heavy atom. The van der Waals surface area contributed by atoms with Crippen LogP contribution in [-0.2, 0) is 4.79 Å². The van der Waals surface area contributed by atoms with E-state index in [1.54, 1.807) is 0 Å². The molecular formula is C14H17BrN2O2. The molecule has 0 amide bonds. The van der Waals surface area contributed by atoms with Crippen LogP contribution in [0.1, 0.15) is 12.8 Å². The van der Waals surface area contributed by atoms with Gasteiger partial charge in [-0.15, -0.1) is 0 Å². The molecule has 3 aliphatic heterocycles. The van der Waals surface area contributed by atoms with E-state index in [1.165, 1.54) is 0 Å². The quantitative estimate of drug-likeness (QED) is 0.896. The van der Waals surface area contributed by atoms with Gasteiger partial charge in [-0.3, -0.25) is 0 Å². The largest absolute Gasteiger partial charge is 0.479 e. The summed E-state index contributed by atoms with van der Waals surface area (Å²) in [5.41, 5.74) is 0.0302. The van der Waals surface area contributed by atoms with Gasteiger partial charge in [0, 0.05) is 16.7 Å². The molecule has 1 aromatic carbocycles. The van der Waals surface area contributed by atoms with Crippen LogP contribution in [0.25, 0.3) is 0 Å². The molecule has 0 aliphatic carbocycles. The molecule has 19 heavy (non-hydrogen) atoms. The maximum Gasteiger partial charge on any atom is 0.330 e. The number of benzene rings is 1. The van der Waals surface area contributed by atoms with E-state index in [0.717, 1.165) is 36.1 Å². The predicted molar refractivity (Wildman–Crippen MR) is 77.3 cm³/mol. The minimum Gasteiger partial charge on any atom is -0.479 e. The van der Waals surface area contributed by atoms with E-state index in [9.17, 15) is 9.90 Å². The Kier molecular flexibility index (Phi) is 3.27. The zero-order valence-corrected chi connectivity index (χ0v) is 12.2. The molecule has 1 unspecified atom stereocenters. The van der Waals surface area contributed by atoms with Crippen molar-refractivity contribution in [3.8, 4) is 0 Å². The lowest BCUT2D eigenvalue weighted by atomic mass is 9.72. The van der Waals surface area contributed by atoms with Gasteiger partial charge >= 0.3 is 5.97 Å². The number of fused-ring (bicyclic) bond motifs is 3. The van der Waals surface area contributed by atoms with Crippen LogP contribution in [0.3, 0.4) is 0 Å². The number of piperidine rings is 3. The maximum atomic E-state index is 11.9. The number of hydrogen-bond donors (Lipinski definition) is 2. The van der Waals surface area contributed by atoms with E-state index in [4.69, 9.17) is 0 Å². The second-order valence-electron chi connectivity index (χ2n) is 5.46. The summed E-state index contributed by atoms with van der Waals surface area (Å²) >= 11 is 3.42. The number of halogens is 1. The molecule has 2 bridgehead atoms. The van der Waals surface area contributed by atoms with Crippen LogP contribution in [0.4, 0.5) is 5.69 Å². The molecule has 1 atom stereocenters. The molecular weight excluding hydrogens is 308 g/mol. The molecule has 3 saturated heterocycles. The minimum atomic E-state index is -0.836. The smallest absolute Gasteiger partial charge is 0.330 e. The highest BCUT2D eigenvalue weighted by molar-refractivity contribution is 9.10. The van der Waals surface area contributed by atoms with Crippen molar-refractivity contribution < 1.29 is 9.90 Å². The lowest BCUT2D eigenvalue weighted by Gasteiger charge is -2.51. The SMILES string of the molecule is O=C(O)C1(Nc2cccc(Br)c2)CN2CCC1CC2. The fraction of sp³-hybridized carbons (Fsp3) is 0.500. The van der Waals surface area contributed by atoms with Crippen molar-refractivity contribution in [3.05, 3.63) is 28.7 Å². The number of nitrogens with one attached hydrogen (secondary N) is 1. The van der Waals surface area contributed by atoms with E-state index in [2.05, 4.69) is 26.1 Å². The highest BCUT2D eigenvalue weighted by Gasteiger charge is 2.52. The first-order valence-electron chi connectivity index (χ1n) is 6.60. The highest BCUT2D eigenvalue weighted by atomic mass is 79.9. The molecule has 0 radical (unpaired) electrons. The highest BCUT2D eigenvalue weighted by Crippen LogP contribution is 2.38. The topological polar surface area (TPSA) is 52.6 Å². The Morgan fingerprint density at radius 1 is 1.42 bits per heavy atom. The molecule has 102 valence electrons. The van der Waals surface area contributed by atoms with Crippen molar-refractivity contribution in [2.24, 2.45) is 5.92 Å². The standard InChI is InChI=1S/C14H17BrN2O2/c15-11-2-1-3-12(8-11)16-14(13(18)19)9-17-6-4-10(14)5-7-17/h1-3,8,10,16H,4-7,9H2,(H,18,19). The summed E-state index contributed by atoms with van der Waals surface area (Å²) in [6.07, 6.45) is 1.93. The number of carboxylic acids is 1. The van der Waals surface area contributed by atoms with Crippen LogP contribution in [-0.4, -0.2) is 41.1 Å². The fourth-order valence-electron chi connectivity index (χ4n) is 3.33. The van der Waals surface area contributed by atoms with Gasteiger partial charge in [0.15, 0.2) is 5.54 Å². The number of carboxylic acid groups (broad SMARTS) is 1. The number of anilines is 1. The summed E-state index contributed by atoms with van der Waals surface area (Å²) in [6, 6.07) is 7.72. The second-order valence-corrected chi connectivity index (χ2v) is 6.38. The number of nitrogens with zero attached hydrogens (tertiary/aromatic N) is 1. The molecule has 0 aromatic heterocycles. The Morgan fingerprint density at radius 3 is 2.68 bits per heavy atom. The molecule has 3 fully saturated rings. The molecule has 0 saturated carbocycles. The van der Waals surface area contributed by atoms with Crippen molar-refractivity contribution in [2.75, 3.05) is 25.0 Å². The van der Waals surface area contributed by atoms with Gasteiger partial charge in [0.05, 0.1) is 0 Å². The van der Waals surface area contributed by atoms with Crippen molar-refractivity contribution in [1.29, 1.82) is 0 Å². The van der Waals surface area contributed by atoms with Crippen molar-refractivity contribution in [1.82, 2.24) is 4.90 Å². The van der Waals surface area contributed by atoms with Gasteiger partial charge in [-0.25, -0.2) is 4.79 Å². The third-order valence-corrected chi connectivity index (χ3v) is 4.82. The van der Waals surface area contributed by atoms with Gasteiger partial charge in [0.25, 0.3) is 0 Å². The third-order valence-electron chi connectivity index (χ3n) is 4.33. The second kappa shape index (κ2) is 4.80. The van der Waals surface area contributed by atoms with Crippen molar-refractivity contribution in [3.63, 3.8) is 0 Å². The van der Waals surface area contributed by atoms with Crippen LogP contribution < -0.4 is 5.32 Å². The summed E-state index contributed by atoms with van der Waals surface area (Å²) in [6.45, 7) is 2.65. The van der Waals surface area contributed by atoms with Crippen LogP contribution in [0, 0.1) is 5.92 Å². The lowest BCUT2D eigenvalue weighted by molar-refractivity contribution is -0.149. The summed E-state index contributed by atoms with van der Waals surface area (Å²) < 4.78 is 0.958. The lowest BCUT2D eigenvalue weighted by Crippen LogP contribution is -2.66. The molecule has 4 nitrogen and oxygen atoms in total. The van der Waals surface area contributed by atoms with E-state index in [0.29, 0.717) is 6.54 Å². The van der Waals surface area contributed by atoms with E-state index >= 15 is 0 Å². The zero-order chi connectivity index (χ0) is 13.5. The number of aliphatic carboxylic acids is 1. The summed E-state index contributed by atoms with van der Waals surface area (Å²) in [5, 5.41) is 13.0. The Balaban J connectivity index is 1.91. The summed E-state index contributed by atoms with van der Waals surface area (Å²) in [7, 11) is 0. The van der Waals surface area contributed by atoms with E-state index in [1.807, 2.05) is 24.3 Å². The van der Waals surface area contributed by atoms with Gasteiger partial charge in [0.2, 0.25) is 0 Å².